The largest absolute Gasteiger partial charge is 0.398 e. The van der Waals surface area contributed by atoms with E-state index in [1.165, 1.54) is 0 Å². The predicted octanol–water partition coefficient (Wildman–Crippen LogP) is 3.06. The van der Waals surface area contributed by atoms with Gasteiger partial charge in [-0.1, -0.05) is 6.07 Å². The Morgan fingerprint density at radius 3 is 2.76 bits per heavy atom. The average Bonchev–Trinajstić information content (AvgIpc) is 2.47. The molecule has 4 nitrogen and oxygen atoms in total. The van der Waals surface area contributed by atoms with Gasteiger partial charge in [0.25, 0.3) is 0 Å². The van der Waals surface area contributed by atoms with Gasteiger partial charge in [-0.25, -0.2) is 0 Å². The van der Waals surface area contributed by atoms with Crippen molar-refractivity contribution in [3.05, 3.63) is 53.3 Å². The summed E-state index contributed by atoms with van der Waals surface area (Å²) in [5.74, 6) is 0. The van der Waals surface area contributed by atoms with E-state index in [-0.39, 0.29) is 0 Å². The number of nitrogen functional groups attached to an aromatic ring is 1. The smallest absolute Gasteiger partial charge is 0.0670 e. The number of hydrogen-bond acceptors (Lipinski definition) is 4. The number of rotatable bonds is 5. The van der Waals surface area contributed by atoms with E-state index in [1.807, 2.05) is 43.3 Å². The van der Waals surface area contributed by atoms with Crippen molar-refractivity contribution in [1.29, 1.82) is 5.26 Å². The van der Waals surface area contributed by atoms with E-state index in [4.69, 9.17) is 11.0 Å². The van der Waals surface area contributed by atoms with Crippen molar-refractivity contribution < 1.29 is 0 Å². The van der Waals surface area contributed by atoms with Gasteiger partial charge in [0.05, 0.1) is 24.7 Å². The van der Waals surface area contributed by atoms with Gasteiger partial charge in [-0.3, -0.25) is 4.98 Å². The summed E-state index contributed by atoms with van der Waals surface area (Å²) in [6.45, 7) is 5.71. The van der Waals surface area contributed by atoms with Crippen molar-refractivity contribution >= 4 is 11.4 Å². The first-order chi connectivity index (χ1) is 10.1. The lowest BCUT2D eigenvalue weighted by Crippen LogP contribution is -2.23. The van der Waals surface area contributed by atoms with Gasteiger partial charge in [-0.15, -0.1) is 0 Å². The number of aromatic nitrogens is 1. The molecular weight excluding hydrogens is 260 g/mol. The van der Waals surface area contributed by atoms with E-state index in [9.17, 15) is 0 Å². The Morgan fingerprint density at radius 1 is 1.29 bits per heavy atom. The van der Waals surface area contributed by atoms with Gasteiger partial charge in [0, 0.05) is 23.6 Å². The number of aryl methyl sites for hydroxylation is 1. The summed E-state index contributed by atoms with van der Waals surface area (Å²) >= 11 is 0. The first kappa shape index (κ1) is 14.9. The summed E-state index contributed by atoms with van der Waals surface area (Å²) < 4.78 is 0. The van der Waals surface area contributed by atoms with Crippen LogP contribution in [0.2, 0.25) is 0 Å². The van der Waals surface area contributed by atoms with Gasteiger partial charge in [-0.2, -0.15) is 5.26 Å². The highest BCUT2D eigenvalue weighted by Crippen LogP contribution is 2.23. The minimum atomic E-state index is 0.333. The maximum Gasteiger partial charge on any atom is 0.0670 e. The number of benzene rings is 1. The molecule has 0 fully saturated rings. The third-order valence-electron chi connectivity index (χ3n) is 3.44. The summed E-state index contributed by atoms with van der Waals surface area (Å²) in [4.78, 5) is 6.77. The van der Waals surface area contributed by atoms with Crippen LogP contribution in [0.3, 0.4) is 0 Å². The molecule has 0 spiro atoms. The molecule has 21 heavy (non-hydrogen) atoms. The van der Waals surface area contributed by atoms with Crippen LogP contribution in [0.15, 0.2) is 36.4 Å². The molecule has 2 aromatic rings. The van der Waals surface area contributed by atoms with Crippen LogP contribution in [0.4, 0.5) is 11.4 Å². The van der Waals surface area contributed by atoms with Crippen molar-refractivity contribution in [2.45, 2.75) is 26.8 Å². The lowest BCUT2D eigenvalue weighted by Gasteiger charge is -2.23. The Balaban J connectivity index is 2.25. The molecule has 0 aliphatic heterocycles. The summed E-state index contributed by atoms with van der Waals surface area (Å²) in [7, 11) is 0. The van der Waals surface area contributed by atoms with E-state index in [1.54, 1.807) is 0 Å². The van der Waals surface area contributed by atoms with Crippen molar-refractivity contribution in [1.82, 2.24) is 4.98 Å². The maximum absolute atomic E-state index is 8.87. The Morgan fingerprint density at radius 2 is 2.10 bits per heavy atom. The molecule has 2 rings (SSSR count). The predicted molar refractivity (Wildman–Crippen MR) is 85.9 cm³/mol. The van der Waals surface area contributed by atoms with E-state index in [2.05, 4.69) is 22.9 Å². The van der Waals surface area contributed by atoms with Gasteiger partial charge >= 0.3 is 0 Å². The van der Waals surface area contributed by atoms with Crippen LogP contribution in [0, 0.1) is 18.3 Å². The molecule has 0 aliphatic rings. The lowest BCUT2D eigenvalue weighted by atomic mass is 10.1. The van der Waals surface area contributed by atoms with E-state index < -0.39 is 0 Å². The summed E-state index contributed by atoms with van der Waals surface area (Å²) in [5, 5.41) is 8.87. The molecule has 1 heterocycles. The molecule has 1 aromatic heterocycles. The standard InChI is InChI=1S/C17H20N4/c1-3-21(12-15-6-4-5-13(2)20-15)16-7-8-17(19)14(11-16)9-10-18/h4-8,11H,3,9,12,19H2,1-2H3. The van der Waals surface area contributed by atoms with Crippen LogP contribution in [0.5, 0.6) is 0 Å². The monoisotopic (exact) mass is 280 g/mol. The molecule has 0 radical (unpaired) electrons. The molecular formula is C17H20N4. The zero-order chi connectivity index (χ0) is 15.2. The molecule has 0 unspecified atom stereocenters. The van der Waals surface area contributed by atoms with Gasteiger partial charge in [0.15, 0.2) is 0 Å². The number of nitriles is 1. The van der Waals surface area contributed by atoms with Gasteiger partial charge in [0.2, 0.25) is 0 Å². The average molecular weight is 280 g/mol. The molecule has 0 saturated heterocycles. The normalized spacial score (nSPS) is 10.1. The minimum Gasteiger partial charge on any atom is -0.398 e. The highest BCUT2D eigenvalue weighted by molar-refractivity contribution is 5.59. The quantitative estimate of drug-likeness (QED) is 0.855. The van der Waals surface area contributed by atoms with Crippen LogP contribution in [0.25, 0.3) is 0 Å². The van der Waals surface area contributed by atoms with Crippen molar-refractivity contribution in [2.75, 3.05) is 17.2 Å². The number of nitrogens with two attached hydrogens (primary N) is 1. The topological polar surface area (TPSA) is 65.9 Å². The van der Waals surface area contributed by atoms with Crippen LogP contribution < -0.4 is 10.6 Å². The zero-order valence-electron chi connectivity index (χ0n) is 12.5. The SMILES string of the molecule is CCN(Cc1cccc(C)n1)c1ccc(N)c(CC#N)c1. The van der Waals surface area contributed by atoms with Crippen molar-refractivity contribution in [2.24, 2.45) is 0 Å². The van der Waals surface area contributed by atoms with E-state index >= 15 is 0 Å². The Bertz CT molecular complexity index is 658. The fourth-order valence-electron chi connectivity index (χ4n) is 2.30. The fourth-order valence-corrected chi connectivity index (χ4v) is 2.30. The molecule has 1 aromatic carbocycles. The van der Waals surface area contributed by atoms with Gasteiger partial charge in [0.1, 0.15) is 0 Å². The molecule has 108 valence electrons. The maximum atomic E-state index is 8.87. The first-order valence-corrected chi connectivity index (χ1v) is 7.07. The van der Waals surface area contributed by atoms with Crippen LogP contribution in [0.1, 0.15) is 23.9 Å². The number of hydrogen-bond donors (Lipinski definition) is 1. The molecule has 0 bridgehead atoms. The first-order valence-electron chi connectivity index (χ1n) is 7.07. The highest BCUT2D eigenvalue weighted by atomic mass is 15.1. The van der Waals surface area contributed by atoms with Crippen LogP contribution >= 0.6 is 0 Å². The second-order valence-corrected chi connectivity index (χ2v) is 5.00. The number of nitrogens with zero attached hydrogens (tertiary/aromatic N) is 3. The summed E-state index contributed by atoms with van der Waals surface area (Å²) in [6.07, 6.45) is 0.333. The second-order valence-electron chi connectivity index (χ2n) is 5.00. The molecule has 0 saturated carbocycles. The molecule has 0 atom stereocenters. The Labute approximate surface area is 125 Å². The minimum absolute atomic E-state index is 0.333. The van der Waals surface area contributed by atoms with Crippen molar-refractivity contribution in [3.8, 4) is 6.07 Å². The fraction of sp³-hybridized carbons (Fsp3) is 0.294. The molecule has 0 aliphatic carbocycles. The summed E-state index contributed by atoms with van der Waals surface area (Å²) in [5.41, 5.74) is 10.6. The van der Waals surface area contributed by atoms with Gasteiger partial charge in [-0.05, 0) is 49.7 Å². The van der Waals surface area contributed by atoms with E-state index in [0.29, 0.717) is 12.1 Å². The molecule has 2 N–H and O–H groups in total. The third kappa shape index (κ3) is 3.73. The zero-order valence-corrected chi connectivity index (χ0v) is 12.5. The number of anilines is 2. The summed E-state index contributed by atoms with van der Waals surface area (Å²) in [6, 6.07) is 14.1. The van der Waals surface area contributed by atoms with Gasteiger partial charge < -0.3 is 10.6 Å². The Hall–Kier alpha value is -2.54. The molecule has 0 amide bonds. The third-order valence-corrected chi connectivity index (χ3v) is 3.44. The Kier molecular flexibility index (Phi) is 4.78. The molecule has 4 heteroatoms. The van der Waals surface area contributed by atoms with Crippen LogP contribution in [-0.4, -0.2) is 11.5 Å². The lowest BCUT2D eigenvalue weighted by molar-refractivity contribution is 0.805. The second kappa shape index (κ2) is 6.76. The highest BCUT2D eigenvalue weighted by Gasteiger charge is 2.09. The van der Waals surface area contributed by atoms with E-state index in [0.717, 1.165) is 35.7 Å². The van der Waals surface area contributed by atoms with Crippen LogP contribution in [-0.2, 0) is 13.0 Å². The van der Waals surface area contributed by atoms with Crippen molar-refractivity contribution in [3.63, 3.8) is 0 Å². The number of pyridine rings is 1.